The van der Waals surface area contributed by atoms with Crippen LogP contribution in [0.3, 0.4) is 0 Å². The van der Waals surface area contributed by atoms with Crippen LogP contribution in [0, 0.1) is 6.92 Å². The van der Waals surface area contributed by atoms with Crippen molar-refractivity contribution in [1.82, 2.24) is 4.98 Å². The van der Waals surface area contributed by atoms with E-state index in [1.807, 2.05) is 6.07 Å². The predicted octanol–water partition coefficient (Wildman–Crippen LogP) is 2.98. The molecule has 0 unspecified atom stereocenters. The third-order valence-corrected chi connectivity index (χ3v) is 3.80. The SMILES string of the molecule is Cc1ncc(CSC(=O)c2ccccc2)c(C=O)c1O. The predicted molar refractivity (Wildman–Crippen MR) is 78.1 cm³/mol. The molecule has 102 valence electrons. The molecule has 0 fully saturated rings. The Labute approximate surface area is 120 Å². The second-order valence-electron chi connectivity index (χ2n) is 4.19. The van der Waals surface area contributed by atoms with Gasteiger partial charge in [-0.2, -0.15) is 0 Å². The molecule has 0 bridgehead atoms. The van der Waals surface area contributed by atoms with Crippen LogP contribution < -0.4 is 0 Å². The molecule has 0 atom stereocenters. The first kappa shape index (κ1) is 14.3. The van der Waals surface area contributed by atoms with Crippen LogP contribution in [0.15, 0.2) is 36.5 Å². The number of aldehydes is 1. The van der Waals surface area contributed by atoms with Gasteiger partial charge in [0.25, 0.3) is 0 Å². The minimum Gasteiger partial charge on any atom is -0.505 e. The first-order valence-electron chi connectivity index (χ1n) is 5.98. The minimum atomic E-state index is -0.120. The molecule has 20 heavy (non-hydrogen) atoms. The van der Waals surface area contributed by atoms with E-state index in [9.17, 15) is 14.7 Å². The molecule has 0 radical (unpaired) electrons. The minimum absolute atomic E-state index is 0.0810. The van der Waals surface area contributed by atoms with Crippen LogP contribution in [-0.2, 0) is 5.75 Å². The molecule has 1 N–H and O–H groups in total. The normalized spacial score (nSPS) is 10.2. The summed E-state index contributed by atoms with van der Waals surface area (Å²) in [5.41, 5.74) is 1.76. The van der Waals surface area contributed by atoms with Gasteiger partial charge in [-0.3, -0.25) is 14.6 Å². The monoisotopic (exact) mass is 287 g/mol. The highest BCUT2D eigenvalue weighted by Gasteiger charge is 2.13. The number of hydrogen-bond donors (Lipinski definition) is 1. The summed E-state index contributed by atoms with van der Waals surface area (Å²) in [6.07, 6.45) is 2.11. The summed E-state index contributed by atoms with van der Waals surface area (Å²) < 4.78 is 0. The summed E-state index contributed by atoms with van der Waals surface area (Å²) in [7, 11) is 0. The van der Waals surface area contributed by atoms with Gasteiger partial charge in [0.2, 0.25) is 5.12 Å². The summed E-state index contributed by atoms with van der Waals surface area (Å²) in [4.78, 5) is 27.0. The van der Waals surface area contributed by atoms with E-state index in [0.717, 1.165) is 11.8 Å². The van der Waals surface area contributed by atoms with Crippen molar-refractivity contribution in [1.29, 1.82) is 0 Å². The summed E-state index contributed by atoms with van der Waals surface area (Å²) in [5, 5.41) is 9.69. The molecule has 0 aliphatic rings. The third-order valence-electron chi connectivity index (χ3n) is 2.84. The number of rotatable bonds is 4. The number of nitrogens with zero attached hydrogens (tertiary/aromatic N) is 1. The Bertz CT molecular complexity index is 641. The van der Waals surface area contributed by atoms with Crippen molar-refractivity contribution in [2.45, 2.75) is 12.7 Å². The number of pyridine rings is 1. The Kier molecular flexibility index (Phi) is 4.53. The van der Waals surface area contributed by atoms with Crippen molar-refractivity contribution in [3.63, 3.8) is 0 Å². The fourth-order valence-electron chi connectivity index (χ4n) is 1.70. The second-order valence-corrected chi connectivity index (χ2v) is 5.14. The molecular weight excluding hydrogens is 274 g/mol. The van der Waals surface area contributed by atoms with E-state index in [1.165, 1.54) is 6.20 Å². The van der Waals surface area contributed by atoms with Crippen LogP contribution in [0.2, 0.25) is 0 Å². The van der Waals surface area contributed by atoms with Crippen LogP contribution in [0.4, 0.5) is 0 Å². The first-order valence-corrected chi connectivity index (χ1v) is 6.97. The number of carbonyl (C=O) groups excluding carboxylic acids is 2. The summed E-state index contributed by atoms with van der Waals surface area (Å²) in [5.74, 6) is 0.174. The molecular formula is C15H13NO3S. The van der Waals surface area contributed by atoms with Crippen LogP contribution in [0.5, 0.6) is 5.75 Å². The van der Waals surface area contributed by atoms with E-state index in [0.29, 0.717) is 28.9 Å². The van der Waals surface area contributed by atoms with Crippen LogP contribution in [0.1, 0.15) is 32.0 Å². The van der Waals surface area contributed by atoms with E-state index in [-0.39, 0.29) is 16.4 Å². The lowest BCUT2D eigenvalue weighted by Crippen LogP contribution is -1.99. The molecule has 0 saturated heterocycles. The standard InChI is InChI=1S/C15H13NO3S/c1-10-14(18)13(8-17)12(7-16-10)9-20-15(19)11-5-3-2-4-6-11/h2-8,18H,9H2,1H3. The second kappa shape index (κ2) is 6.34. The molecule has 0 saturated carbocycles. The van der Waals surface area contributed by atoms with Crippen molar-refractivity contribution in [2.75, 3.05) is 0 Å². The molecule has 1 aromatic heterocycles. The molecule has 1 aromatic carbocycles. The number of aryl methyl sites for hydroxylation is 1. The number of benzene rings is 1. The molecule has 2 rings (SSSR count). The average molecular weight is 287 g/mol. The van der Waals surface area contributed by atoms with E-state index in [2.05, 4.69) is 4.98 Å². The van der Waals surface area contributed by atoms with E-state index < -0.39 is 0 Å². The van der Waals surface area contributed by atoms with Gasteiger partial charge in [0.05, 0.1) is 11.3 Å². The van der Waals surface area contributed by atoms with Gasteiger partial charge < -0.3 is 5.11 Å². The zero-order chi connectivity index (χ0) is 14.5. The Morgan fingerprint density at radius 2 is 2.05 bits per heavy atom. The van der Waals surface area contributed by atoms with Crippen LogP contribution in [-0.4, -0.2) is 21.5 Å². The van der Waals surface area contributed by atoms with E-state index >= 15 is 0 Å². The van der Waals surface area contributed by atoms with Gasteiger partial charge in [0.1, 0.15) is 5.75 Å². The number of aromatic hydroxyl groups is 1. The van der Waals surface area contributed by atoms with Gasteiger partial charge in [-0.05, 0) is 12.5 Å². The molecule has 5 heteroatoms. The average Bonchev–Trinajstić information content (AvgIpc) is 2.49. The summed E-state index contributed by atoms with van der Waals surface area (Å²) >= 11 is 1.08. The van der Waals surface area contributed by atoms with Crippen molar-refractivity contribution < 1.29 is 14.7 Å². The molecule has 0 aliphatic carbocycles. The van der Waals surface area contributed by atoms with Gasteiger partial charge in [0.15, 0.2) is 6.29 Å². The maximum Gasteiger partial charge on any atom is 0.219 e. The Hall–Kier alpha value is -2.14. The third kappa shape index (κ3) is 3.05. The largest absolute Gasteiger partial charge is 0.505 e. The zero-order valence-corrected chi connectivity index (χ0v) is 11.7. The highest BCUT2D eigenvalue weighted by atomic mass is 32.2. The van der Waals surface area contributed by atoms with Gasteiger partial charge in [0, 0.05) is 17.5 Å². The highest BCUT2D eigenvalue weighted by Crippen LogP contribution is 2.26. The zero-order valence-electron chi connectivity index (χ0n) is 10.9. The quantitative estimate of drug-likeness (QED) is 0.876. The number of aromatic nitrogens is 1. The van der Waals surface area contributed by atoms with Crippen molar-refractivity contribution >= 4 is 23.2 Å². The fraction of sp³-hybridized carbons (Fsp3) is 0.133. The van der Waals surface area contributed by atoms with Crippen molar-refractivity contribution in [3.05, 3.63) is 58.9 Å². The maximum atomic E-state index is 12.0. The molecule has 1 heterocycles. The summed E-state index contributed by atoms with van der Waals surface area (Å²) in [6.45, 7) is 1.62. The highest BCUT2D eigenvalue weighted by molar-refractivity contribution is 8.13. The number of thioether (sulfide) groups is 1. The van der Waals surface area contributed by atoms with Crippen LogP contribution in [0.25, 0.3) is 0 Å². The Morgan fingerprint density at radius 3 is 2.70 bits per heavy atom. The topological polar surface area (TPSA) is 67.3 Å². The molecule has 0 aliphatic heterocycles. The van der Waals surface area contributed by atoms with Crippen molar-refractivity contribution in [3.8, 4) is 5.75 Å². The Balaban J connectivity index is 2.14. The Morgan fingerprint density at radius 1 is 1.35 bits per heavy atom. The lowest BCUT2D eigenvalue weighted by molar-refractivity contribution is 0.108. The number of carbonyl (C=O) groups is 2. The van der Waals surface area contributed by atoms with Gasteiger partial charge in [-0.25, -0.2) is 0 Å². The smallest absolute Gasteiger partial charge is 0.219 e. The first-order chi connectivity index (χ1) is 9.63. The molecule has 0 spiro atoms. The molecule has 0 amide bonds. The van der Waals surface area contributed by atoms with Crippen molar-refractivity contribution in [2.24, 2.45) is 0 Å². The maximum absolute atomic E-state index is 12.0. The van der Waals surface area contributed by atoms with Gasteiger partial charge in [-0.15, -0.1) is 0 Å². The number of hydrogen-bond acceptors (Lipinski definition) is 5. The van der Waals surface area contributed by atoms with E-state index in [4.69, 9.17) is 0 Å². The molecule has 4 nitrogen and oxygen atoms in total. The fourth-order valence-corrected chi connectivity index (χ4v) is 2.52. The van der Waals surface area contributed by atoms with E-state index in [1.54, 1.807) is 31.2 Å². The summed E-state index contributed by atoms with van der Waals surface area (Å²) in [6, 6.07) is 8.91. The lowest BCUT2D eigenvalue weighted by atomic mass is 10.1. The lowest BCUT2D eigenvalue weighted by Gasteiger charge is -2.07. The molecule has 2 aromatic rings. The van der Waals surface area contributed by atoms with Gasteiger partial charge in [-0.1, -0.05) is 42.1 Å². The van der Waals surface area contributed by atoms with Crippen LogP contribution >= 0.6 is 11.8 Å². The van der Waals surface area contributed by atoms with Gasteiger partial charge >= 0.3 is 0 Å².